The molecule has 3 aliphatic heterocycles. The molecule has 2 atom stereocenters. The molecule has 2 aromatic carbocycles. The summed E-state index contributed by atoms with van der Waals surface area (Å²) in [6, 6.07) is 13.2. The molecule has 3 N–H and O–H groups in total. The topological polar surface area (TPSA) is 84.4 Å². The number of nitrogens with zero attached hydrogens (tertiary/aromatic N) is 2. The number of halogens is 1. The monoisotopic (exact) mass is 488 g/mol. The zero-order valence-corrected chi connectivity index (χ0v) is 17.4. The van der Waals surface area contributed by atoms with Crippen molar-refractivity contribution < 1.29 is 9.21 Å². The predicted octanol–water partition coefficient (Wildman–Crippen LogP) is 3.66. The average molecular weight is 488 g/mol. The van der Waals surface area contributed by atoms with Crippen LogP contribution in [0.3, 0.4) is 0 Å². The summed E-state index contributed by atoms with van der Waals surface area (Å²) in [4.78, 5) is 20.2. The van der Waals surface area contributed by atoms with Gasteiger partial charge in [0, 0.05) is 17.3 Å². The van der Waals surface area contributed by atoms with E-state index >= 15 is 0 Å². The van der Waals surface area contributed by atoms with E-state index in [9.17, 15) is 4.79 Å². The maximum absolute atomic E-state index is 13.2. The van der Waals surface area contributed by atoms with E-state index in [2.05, 4.69) is 37.8 Å². The lowest BCUT2D eigenvalue weighted by molar-refractivity contribution is 0.0554. The molecule has 3 aliphatic rings. The Morgan fingerprint density at radius 2 is 1.96 bits per heavy atom. The van der Waals surface area contributed by atoms with Crippen molar-refractivity contribution in [2.24, 2.45) is 5.92 Å². The number of carbonyl (C=O) groups excluding carboxylic acids is 1. The fourth-order valence-electron chi connectivity index (χ4n) is 4.32. The van der Waals surface area contributed by atoms with Gasteiger partial charge in [-0.25, -0.2) is 4.98 Å². The number of benzene rings is 2. The number of rotatable bonds is 3. The van der Waals surface area contributed by atoms with E-state index in [0.717, 1.165) is 31.5 Å². The highest BCUT2D eigenvalue weighted by Crippen LogP contribution is 2.36. The maximum Gasteiger partial charge on any atom is 0.254 e. The largest absolute Gasteiger partial charge is 0.436 e. The quantitative estimate of drug-likeness (QED) is 0.255. The van der Waals surface area contributed by atoms with Crippen molar-refractivity contribution in [3.05, 3.63) is 48.0 Å². The number of amides is 1. The Morgan fingerprint density at radius 1 is 1.21 bits per heavy atom. The first-order chi connectivity index (χ1) is 13.6. The Labute approximate surface area is 176 Å². The van der Waals surface area contributed by atoms with Crippen LogP contribution in [0.2, 0.25) is 0 Å². The van der Waals surface area contributed by atoms with Gasteiger partial charge in [-0.3, -0.25) is 9.69 Å². The molecule has 0 aliphatic carbocycles. The van der Waals surface area contributed by atoms with Crippen molar-refractivity contribution in [1.82, 2.24) is 15.2 Å². The van der Waals surface area contributed by atoms with Crippen molar-refractivity contribution in [3.63, 3.8) is 0 Å². The third-order valence-corrected chi connectivity index (χ3v) is 7.37. The number of piperidine rings is 3. The Bertz CT molecular complexity index is 1030. The van der Waals surface area contributed by atoms with E-state index in [1.165, 1.54) is 0 Å². The number of oxazole rings is 1. The molecule has 3 aromatic rings. The molecular weight excluding hydrogens is 467 g/mol. The minimum absolute atomic E-state index is 0.134. The third-order valence-electron chi connectivity index (χ3n) is 5.81. The summed E-state index contributed by atoms with van der Waals surface area (Å²) in [6.45, 7) is 2.24. The van der Waals surface area contributed by atoms with Crippen LogP contribution in [0, 0.1) is 5.92 Å². The molecule has 2 bridgehead atoms. The lowest BCUT2D eigenvalue weighted by Crippen LogP contribution is -2.61. The number of alkyl halides is 1. The van der Waals surface area contributed by atoms with Crippen molar-refractivity contribution in [1.29, 1.82) is 0 Å². The number of nitrogen functional groups attached to an aromatic ring is 1. The van der Waals surface area contributed by atoms with Gasteiger partial charge in [-0.1, -0.05) is 40.8 Å². The molecule has 1 amide bonds. The first kappa shape index (κ1) is 17.9. The predicted molar refractivity (Wildman–Crippen MR) is 117 cm³/mol. The molecule has 28 heavy (non-hydrogen) atoms. The smallest absolute Gasteiger partial charge is 0.254 e. The fraction of sp³-hybridized carbons (Fsp3) is 0.333. The summed E-state index contributed by atoms with van der Waals surface area (Å²) in [5, 5.41) is 3.26. The van der Waals surface area contributed by atoms with Crippen LogP contribution < -0.4 is 11.1 Å². The van der Waals surface area contributed by atoms with Gasteiger partial charge in [0.25, 0.3) is 5.91 Å². The molecule has 3 saturated heterocycles. The van der Waals surface area contributed by atoms with Crippen molar-refractivity contribution in [2.75, 3.05) is 18.8 Å². The number of carbonyl (C=O) groups is 1. The van der Waals surface area contributed by atoms with Gasteiger partial charge in [-0.15, -0.1) is 0 Å². The molecule has 144 valence electrons. The molecule has 6 nitrogen and oxygen atoms in total. The lowest BCUT2D eigenvalue weighted by atomic mass is 9.84. The van der Waals surface area contributed by atoms with Crippen LogP contribution in [0.5, 0.6) is 0 Å². The number of hydrogen-bond donors (Lipinski definition) is 2. The first-order valence-corrected chi connectivity index (χ1v) is 10.8. The first-order valence-electron chi connectivity index (χ1n) is 9.54. The van der Waals surface area contributed by atoms with Crippen LogP contribution in [-0.2, 0) is 0 Å². The van der Waals surface area contributed by atoms with E-state index in [0.29, 0.717) is 38.2 Å². The van der Waals surface area contributed by atoms with Crippen LogP contribution in [0.4, 0.5) is 5.69 Å². The summed E-state index contributed by atoms with van der Waals surface area (Å²) in [5.41, 5.74) is 8.97. The van der Waals surface area contributed by atoms with E-state index in [4.69, 9.17) is 10.2 Å². The Hall–Kier alpha value is -2.13. The van der Waals surface area contributed by atoms with Gasteiger partial charge >= 0.3 is 0 Å². The van der Waals surface area contributed by atoms with Gasteiger partial charge in [-0.2, -0.15) is 0 Å². The minimum Gasteiger partial charge on any atom is -0.436 e. The van der Waals surface area contributed by atoms with Gasteiger partial charge in [0.15, 0.2) is 5.58 Å². The fourth-order valence-corrected chi connectivity index (χ4v) is 5.64. The highest BCUT2D eigenvalue weighted by molar-refractivity contribution is 14.1. The van der Waals surface area contributed by atoms with Gasteiger partial charge in [0.05, 0.1) is 15.7 Å². The summed E-state index contributed by atoms with van der Waals surface area (Å²) >= 11 is 2.45. The van der Waals surface area contributed by atoms with E-state index < -0.39 is 0 Å². The van der Waals surface area contributed by atoms with Gasteiger partial charge < -0.3 is 15.5 Å². The highest BCUT2D eigenvalue weighted by Gasteiger charge is 2.41. The molecule has 7 heteroatoms. The molecule has 0 saturated carbocycles. The van der Waals surface area contributed by atoms with Crippen LogP contribution in [0.1, 0.15) is 23.2 Å². The van der Waals surface area contributed by atoms with Crippen molar-refractivity contribution in [3.8, 4) is 11.5 Å². The Balaban J connectivity index is 1.49. The van der Waals surface area contributed by atoms with Crippen LogP contribution >= 0.6 is 22.6 Å². The van der Waals surface area contributed by atoms with E-state index in [1.54, 1.807) is 12.1 Å². The number of nitrogens with two attached hydrogens (primary N) is 1. The number of aromatic nitrogens is 1. The zero-order valence-electron chi connectivity index (χ0n) is 15.3. The summed E-state index contributed by atoms with van der Waals surface area (Å²) in [5.74, 6) is 0.889. The van der Waals surface area contributed by atoms with Crippen LogP contribution in [0.25, 0.3) is 22.6 Å². The number of fused-ring (bicyclic) bond motifs is 4. The molecule has 1 aromatic heterocycles. The molecule has 6 rings (SSSR count). The Morgan fingerprint density at radius 3 is 2.68 bits per heavy atom. The van der Waals surface area contributed by atoms with Crippen molar-refractivity contribution >= 4 is 45.3 Å². The van der Waals surface area contributed by atoms with E-state index in [-0.39, 0.29) is 11.9 Å². The molecule has 4 heterocycles. The lowest BCUT2D eigenvalue weighted by Gasteiger charge is -2.48. The summed E-state index contributed by atoms with van der Waals surface area (Å²) in [7, 11) is 0. The van der Waals surface area contributed by atoms with E-state index in [1.807, 2.05) is 30.3 Å². The standard InChI is InChI=1S/C21H21IN4O2/c22-19-17(12-6-8-26(19)9-7-12)24-20(27)15-10-14(23)11-16-18(15)25-21(28-16)13-4-2-1-3-5-13/h1-5,10-12,17,19H,6-9,23H2,(H,24,27). The number of nitrogens with one attached hydrogen (secondary N) is 1. The highest BCUT2D eigenvalue weighted by atomic mass is 127. The number of hydrogen-bond acceptors (Lipinski definition) is 5. The minimum atomic E-state index is -0.134. The second-order valence-corrected chi connectivity index (χ2v) is 8.82. The third kappa shape index (κ3) is 3.06. The molecule has 0 spiro atoms. The van der Waals surface area contributed by atoms with Gasteiger partial charge in [0.1, 0.15) is 5.52 Å². The molecule has 3 fully saturated rings. The SMILES string of the molecule is Nc1cc(C(=O)NC2C3CCN(CC3)C2I)c2nc(-c3ccccc3)oc2c1. The van der Waals surface area contributed by atoms with Gasteiger partial charge in [-0.05, 0) is 50.0 Å². The van der Waals surface area contributed by atoms with Crippen LogP contribution in [-0.4, -0.2) is 39.0 Å². The molecular formula is C21H21IN4O2. The van der Waals surface area contributed by atoms with Gasteiger partial charge in [0.2, 0.25) is 5.89 Å². The Kier molecular flexibility index (Phi) is 4.51. The summed E-state index contributed by atoms with van der Waals surface area (Å²) < 4.78 is 6.23. The average Bonchev–Trinajstić information content (AvgIpc) is 3.15. The second kappa shape index (κ2) is 7.04. The maximum atomic E-state index is 13.2. The zero-order chi connectivity index (χ0) is 19.3. The second-order valence-electron chi connectivity index (χ2n) is 7.55. The molecule has 2 unspecified atom stereocenters. The van der Waals surface area contributed by atoms with Crippen LogP contribution in [0.15, 0.2) is 46.9 Å². The number of anilines is 1. The molecule has 0 radical (unpaired) electrons. The summed E-state index contributed by atoms with van der Waals surface area (Å²) in [6.07, 6.45) is 2.28. The normalized spacial score (nSPS) is 26.5. The van der Waals surface area contributed by atoms with Crippen molar-refractivity contribution in [2.45, 2.75) is 22.9 Å².